The summed E-state index contributed by atoms with van der Waals surface area (Å²) < 4.78 is 5.85. The number of amides is 2. The Labute approximate surface area is 211 Å². The minimum atomic E-state index is -1.05. The van der Waals surface area contributed by atoms with Gasteiger partial charge in [-0.25, -0.2) is 4.79 Å². The van der Waals surface area contributed by atoms with Crippen molar-refractivity contribution < 1.29 is 19.4 Å². The van der Waals surface area contributed by atoms with Crippen LogP contribution in [-0.2, 0) is 23.6 Å². The van der Waals surface area contributed by atoms with Crippen molar-refractivity contribution in [2.24, 2.45) is 0 Å². The molecule has 0 aliphatic rings. The van der Waals surface area contributed by atoms with Crippen molar-refractivity contribution in [3.8, 4) is 5.75 Å². The number of rotatable bonds is 13. The topological polar surface area (TPSA) is 78.9 Å². The van der Waals surface area contributed by atoms with Crippen LogP contribution in [0.3, 0.4) is 0 Å². The molecule has 3 aromatic carbocycles. The molecule has 0 aliphatic heterocycles. The molecule has 7 heteroatoms. The van der Waals surface area contributed by atoms with Gasteiger partial charge in [0.2, 0.25) is 0 Å². The van der Waals surface area contributed by atoms with Crippen molar-refractivity contribution in [3.05, 3.63) is 102 Å². The first-order valence-electron chi connectivity index (χ1n) is 11.7. The molecule has 0 aromatic heterocycles. The van der Waals surface area contributed by atoms with E-state index in [2.05, 4.69) is 17.4 Å². The van der Waals surface area contributed by atoms with Crippen molar-refractivity contribution >= 4 is 23.8 Å². The largest absolute Gasteiger partial charge is 0.489 e. The summed E-state index contributed by atoms with van der Waals surface area (Å²) in [6.07, 6.45) is 0.664. The Morgan fingerprint density at radius 1 is 0.886 bits per heavy atom. The molecule has 0 saturated heterocycles. The summed E-state index contributed by atoms with van der Waals surface area (Å²) in [6, 6.07) is 26.8. The third-order valence-corrected chi connectivity index (χ3v) is 6.47. The lowest BCUT2D eigenvalue weighted by atomic mass is 10.1. The highest BCUT2D eigenvalue weighted by Crippen LogP contribution is 2.16. The van der Waals surface area contributed by atoms with Crippen LogP contribution in [0, 0.1) is 0 Å². The standard InChI is InChI=1S/C28H32N2O4S/c1-22(27(31)32)29-28(33)30(18-19-35-21-25-10-6-3-7-11-25)17-16-23-12-14-26(15-13-23)34-20-24-8-4-2-5-9-24/h2-15,22H,16-21H2,1H3,(H,29,33)(H,31,32)/t22-/m0/s1. The van der Waals surface area contributed by atoms with E-state index in [4.69, 9.17) is 9.84 Å². The number of carboxylic acids is 1. The van der Waals surface area contributed by atoms with E-state index >= 15 is 0 Å². The van der Waals surface area contributed by atoms with Crippen LogP contribution in [0.25, 0.3) is 0 Å². The zero-order valence-electron chi connectivity index (χ0n) is 19.9. The van der Waals surface area contributed by atoms with Crippen LogP contribution >= 0.6 is 11.8 Å². The van der Waals surface area contributed by atoms with Gasteiger partial charge in [-0.05, 0) is 42.2 Å². The second-order valence-electron chi connectivity index (χ2n) is 8.20. The number of carboxylic acid groups (broad SMARTS) is 1. The minimum Gasteiger partial charge on any atom is -0.489 e. The lowest BCUT2D eigenvalue weighted by Crippen LogP contribution is -2.48. The Morgan fingerprint density at radius 2 is 1.51 bits per heavy atom. The number of nitrogens with one attached hydrogen (secondary N) is 1. The van der Waals surface area contributed by atoms with Gasteiger partial charge < -0.3 is 20.1 Å². The maximum atomic E-state index is 12.7. The Kier molecular flexibility index (Phi) is 10.5. The van der Waals surface area contributed by atoms with Crippen molar-refractivity contribution in [2.75, 3.05) is 18.8 Å². The van der Waals surface area contributed by atoms with Crippen molar-refractivity contribution in [1.29, 1.82) is 0 Å². The zero-order chi connectivity index (χ0) is 24.9. The van der Waals surface area contributed by atoms with Gasteiger partial charge in [0.1, 0.15) is 18.4 Å². The summed E-state index contributed by atoms with van der Waals surface area (Å²) in [5.41, 5.74) is 3.43. The molecule has 2 amide bonds. The predicted octanol–water partition coefficient (Wildman–Crippen LogP) is 5.23. The molecule has 0 heterocycles. The van der Waals surface area contributed by atoms with Crippen molar-refractivity contribution in [2.45, 2.75) is 31.7 Å². The van der Waals surface area contributed by atoms with Gasteiger partial charge >= 0.3 is 12.0 Å². The fraction of sp³-hybridized carbons (Fsp3) is 0.286. The molecule has 0 aliphatic carbocycles. The molecule has 3 aromatic rings. The van der Waals surface area contributed by atoms with Crippen molar-refractivity contribution in [1.82, 2.24) is 10.2 Å². The van der Waals surface area contributed by atoms with Gasteiger partial charge in [0.25, 0.3) is 0 Å². The summed E-state index contributed by atoms with van der Waals surface area (Å²) in [7, 11) is 0. The lowest BCUT2D eigenvalue weighted by molar-refractivity contribution is -0.138. The van der Waals surface area contributed by atoms with Gasteiger partial charge in [-0.15, -0.1) is 0 Å². The minimum absolute atomic E-state index is 0.358. The number of hydrogen-bond acceptors (Lipinski definition) is 4. The molecule has 0 spiro atoms. The van der Waals surface area contributed by atoms with E-state index in [1.165, 1.54) is 12.5 Å². The maximum Gasteiger partial charge on any atom is 0.325 e. The number of hydrogen-bond donors (Lipinski definition) is 2. The number of aliphatic carboxylic acids is 1. The molecule has 0 saturated carbocycles. The van der Waals surface area contributed by atoms with Gasteiger partial charge in [-0.2, -0.15) is 11.8 Å². The van der Waals surface area contributed by atoms with E-state index in [0.717, 1.165) is 28.4 Å². The molecule has 0 radical (unpaired) electrons. The predicted molar refractivity (Wildman–Crippen MR) is 141 cm³/mol. The van der Waals surface area contributed by atoms with Crippen LogP contribution < -0.4 is 10.1 Å². The highest BCUT2D eigenvalue weighted by Gasteiger charge is 2.19. The van der Waals surface area contributed by atoms with Crippen LogP contribution in [0.15, 0.2) is 84.9 Å². The van der Waals surface area contributed by atoms with Gasteiger partial charge in [0, 0.05) is 24.6 Å². The SMILES string of the molecule is C[C@H](NC(=O)N(CCSCc1ccccc1)CCc1ccc(OCc2ccccc2)cc1)C(=O)O. The molecule has 6 nitrogen and oxygen atoms in total. The third-order valence-electron chi connectivity index (χ3n) is 5.46. The Hall–Kier alpha value is -3.45. The first kappa shape index (κ1) is 26.2. The van der Waals surface area contributed by atoms with E-state index < -0.39 is 12.0 Å². The molecule has 35 heavy (non-hydrogen) atoms. The van der Waals surface area contributed by atoms with Gasteiger partial charge in [-0.3, -0.25) is 4.79 Å². The van der Waals surface area contributed by atoms with Crippen LogP contribution in [0.4, 0.5) is 4.79 Å². The van der Waals surface area contributed by atoms with E-state index in [1.807, 2.05) is 72.8 Å². The van der Waals surface area contributed by atoms with Gasteiger partial charge in [0.15, 0.2) is 0 Å². The van der Waals surface area contributed by atoms with E-state index in [9.17, 15) is 9.59 Å². The molecule has 1 atom stereocenters. The maximum absolute atomic E-state index is 12.7. The summed E-state index contributed by atoms with van der Waals surface area (Å²) >= 11 is 1.75. The molecule has 0 bridgehead atoms. The van der Waals surface area contributed by atoms with Crippen molar-refractivity contribution in [3.63, 3.8) is 0 Å². The fourth-order valence-corrected chi connectivity index (χ4v) is 4.27. The number of carbonyl (C=O) groups is 2. The fourth-order valence-electron chi connectivity index (χ4n) is 3.35. The summed E-state index contributed by atoms with van der Waals surface area (Å²) in [4.78, 5) is 25.6. The number of benzene rings is 3. The van der Waals surface area contributed by atoms with Gasteiger partial charge in [0.05, 0.1) is 0 Å². The molecule has 3 rings (SSSR count). The van der Waals surface area contributed by atoms with Crippen LogP contribution in [0.1, 0.15) is 23.6 Å². The molecule has 2 N–H and O–H groups in total. The first-order valence-corrected chi connectivity index (χ1v) is 12.8. The second-order valence-corrected chi connectivity index (χ2v) is 9.31. The van der Waals surface area contributed by atoms with E-state index in [0.29, 0.717) is 26.1 Å². The Bertz CT molecular complexity index is 1050. The molecular weight excluding hydrogens is 460 g/mol. The second kappa shape index (κ2) is 14.1. The average Bonchev–Trinajstić information content (AvgIpc) is 2.88. The smallest absolute Gasteiger partial charge is 0.325 e. The summed E-state index contributed by atoms with van der Waals surface area (Å²) in [5.74, 6) is 1.37. The molecule has 0 unspecified atom stereocenters. The monoisotopic (exact) mass is 492 g/mol. The summed E-state index contributed by atoms with van der Waals surface area (Å²) in [5, 5.41) is 11.7. The molecular formula is C28H32N2O4S. The third kappa shape index (κ3) is 9.37. The molecule has 0 fully saturated rings. The summed E-state index contributed by atoms with van der Waals surface area (Å²) in [6.45, 7) is 3.01. The normalized spacial score (nSPS) is 11.5. The number of thioether (sulfide) groups is 1. The number of ether oxygens (including phenoxy) is 1. The van der Waals surface area contributed by atoms with E-state index in [1.54, 1.807) is 16.7 Å². The number of carbonyl (C=O) groups excluding carboxylic acids is 1. The lowest BCUT2D eigenvalue weighted by Gasteiger charge is -2.24. The Balaban J connectivity index is 1.51. The van der Waals surface area contributed by atoms with E-state index in [-0.39, 0.29) is 6.03 Å². The van der Waals surface area contributed by atoms with Crippen LogP contribution in [0.2, 0.25) is 0 Å². The number of nitrogens with zero attached hydrogens (tertiary/aromatic N) is 1. The highest BCUT2D eigenvalue weighted by molar-refractivity contribution is 7.98. The Morgan fingerprint density at radius 3 is 2.14 bits per heavy atom. The molecule has 184 valence electrons. The van der Waals surface area contributed by atoms with Crippen LogP contribution in [-0.4, -0.2) is 46.9 Å². The van der Waals surface area contributed by atoms with Crippen LogP contribution in [0.5, 0.6) is 5.75 Å². The number of urea groups is 1. The quantitative estimate of drug-likeness (QED) is 0.320. The van der Waals surface area contributed by atoms with Gasteiger partial charge in [-0.1, -0.05) is 72.8 Å². The zero-order valence-corrected chi connectivity index (χ0v) is 20.7. The average molecular weight is 493 g/mol. The highest BCUT2D eigenvalue weighted by atomic mass is 32.2. The first-order chi connectivity index (χ1) is 17.0.